The second kappa shape index (κ2) is 6.09. The zero-order chi connectivity index (χ0) is 12.0. The van der Waals surface area contributed by atoms with Gasteiger partial charge in [0, 0.05) is 12.1 Å². The van der Waals surface area contributed by atoms with Crippen molar-refractivity contribution in [3.05, 3.63) is 23.5 Å². The molecule has 0 aliphatic heterocycles. The van der Waals surface area contributed by atoms with Crippen molar-refractivity contribution in [2.75, 3.05) is 6.54 Å². The van der Waals surface area contributed by atoms with Crippen molar-refractivity contribution in [3.63, 3.8) is 0 Å². The quantitative estimate of drug-likeness (QED) is 0.816. The van der Waals surface area contributed by atoms with Gasteiger partial charge in [-0.2, -0.15) is 5.26 Å². The molecule has 0 saturated carbocycles. The molecule has 1 heterocycles. The van der Waals surface area contributed by atoms with Gasteiger partial charge in [-0.25, -0.2) is 0 Å². The van der Waals surface area contributed by atoms with Crippen LogP contribution in [0.2, 0.25) is 0 Å². The Morgan fingerprint density at radius 1 is 1.56 bits per heavy atom. The molecular formula is C12H17N3O. The maximum Gasteiger partial charge on any atom is 0.184 e. The Hall–Kier alpha value is -1.60. The lowest BCUT2D eigenvalue weighted by atomic mass is 10.2. The second-order valence-corrected chi connectivity index (χ2v) is 3.58. The van der Waals surface area contributed by atoms with Gasteiger partial charge in [0.05, 0.1) is 5.69 Å². The maximum atomic E-state index is 8.84. The molecule has 1 aromatic heterocycles. The van der Waals surface area contributed by atoms with Gasteiger partial charge >= 0.3 is 0 Å². The zero-order valence-corrected chi connectivity index (χ0v) is 9.73. The fourth-order valence-electron chi connectivity index (χ4n) is 1.38. The Bertz CT molecular complexity index is 384. The van der Waals surface area contributed by atoms with E-state index in [4.69, 9.17) is 15.7 Å². The zero-order valence-electron chi connectivity index (χ0n) is 9.73. The topological polar surface area (TPSA) is 71.9 Å². The summed E-state index contributed by atoms with van der Waals surface area (Å²) in [4.78, 5) is 4.37. The first kappa shape index (κ1) is 12.5. The van der Waals surface area contributed by atoms with Crippen LogP contribution in [-0.4, -0.2) is 17.6 Å². The van der Waals surface area contributed by atoms with E-state index in [0.717, 1.165) is 11.4 Å². The fourth-order valence-corrected chi connectivity index (χ4v) is 1.38. The van der Waals surface area contributed by atoms with Crippen LogP contribution >= 0.6 is 0 Å². The highest BCUT2D eigenvalue weighted by atomic mass is 16.5. The molecule has 4 heteroatoms. The van der Waals surface area contributed by atoms with Crippen LogP contribution in [0.25, 0.3) is 0 Å². The van der Waals surface area contributed by atoms with Crippen molar-refractivity contribution in [1.29, 1.82) is 5.26 Å². The summed E-state index contributed by atoms with van der Waals surface area (Å²) in [6.07, 6.45) is 0.909. The van der Waals surface area contributed by atoms with Gasteiger partial charge < -0.3 is 10.5 Å². The van der Waals surface area contributed by atoms with E-state index in [-0.39, 0.29) is 0 Å². The van der Waals surface area contributed by atoms with E-state index in [9.17, 15) is 0 Å². The van der Waals surface area contributed by atoms with Gasteiger partial charge in [-0.15, -0.1) is 0 Å². The van der Waals surface area contributed by atoms with Gasteiger partial charge in [0.15, 0.2) is 6.10 Å². The van der Waals surface area contributed by atoms with Gasteiger partial charge in [-0.1, -0.05) is 6.92 Å². The number of pyridine rings is 1. The van der Waals surface area contributed by atoms with E-state index in [0.29, 0.717) is 25.1 Å². The standard InChI is InChI=1S/C12H17N3O/c1-3-10(8-14)16-12-5-4-9(2)15-11(12)6-7-13/h4-5,10H,3,6-7,13H2,1-2H3. The van der Waals surface area contributed by atoms with Crippen molar-refractivity contribution in [2.45, 2.75) is 32.8 Å². The number of aryl methyl sites for hydroxylation is 1. The Morgan fingerprint density at radius 3 is 2.88 bits per heavy atom. The molecule has 1 unspecified atom stereocenters. The van der Waals surface area contributed by atoms with Gasteiger partial charge in [0.25, 0.3) is 0 Å². The third-order valence-electron chi connectivity index (χ3n) is 2.24. The molecule has 1 atom stereocenters. The van der Waals surface area contributed by atoms with Crippen LogP contribution in [0.15, 0.2) is 12.1 Å². The Balaban J connectivity index is 2.90. The number of nitrogens with two attached hydrogens (primary N) is 1. The van der Waals surface area contributed by atoms with Crippen LogP contribution in [0.3, 0.4) is 0 Å². The smallest absolute Gasteiger partial charge is 0.184 e. The van der Waals surface area contributed by atoms with Crippen LogP contribution in [0.1, 0.15) is 24.7 Å². The first-order valence-corrected chi connectivity index (χ1v) is 5.44. The number of hydrogen-bond acceptors (Lipinski definition) is 4. The molecule has 0 fully saturated rings. The molecule has 0 spiro atoms. The number of rotatable bonds is 5. The molecule has 0 bridgehead atoms. The summed E-state index contributed by atoms with van der Waals surface area (Å²) >= 11 is 0. The Kier molecular flexibility index (Phi) is 4.74. The van der Waals surface area contributed by atoms with E-state index < -0.39 is 6.10 Å². The highest BCUT2D eigenvalue weighted by Crippen LogP contribution is 2.19. The van der Waals surface area contributed by atoms with Crippen LogP contribution < -0.4 is 10.5 Å². The van der Waals surface area contributed by atoms with Crippen LogP contribution in [-0.2, 0) is 6.42 Å². The number of aromatic nitrogens is 1. The largest absolute Gasteiger partial charge is 0.474 e. The summed E-state index contributed by atoms with van der Waals surface area (Å²) in [7, 11) is 0. The third kappa shape index (κ3) is 3.21. The van der Waals surface area contributed by atoms with Crippen molar-refractivity contribution in [1.82, 2.24) is 4.98 Å². The summed E-state index contributed by atoms with van der Waals surface area (Å²) in [5, 5.41) is 8.84. The summed E-state index contributed by atoms with van der Waals surface area (Å²) in [5.41, 5.74) is 7.28. The SMILES string of the molecule is CCC(C#N)Oc1ccc(C)nc1CCN. The number of nitrogens with zero attached hydrogens (tertiary/aromatic N) is 2. The molecule has 0 aliphatic carbocycles. The van der Waals surface area contributed by atoms with Crippen molar-refractivity contribution < 1.29 is 4.74 Å². The maximum absolute atomic E-state index is 8.84. The fraction of sp³-hybridized carbons (Fsp3) is 0.500. The van der Waals surface area contributed by atoms with E-state index in [1.165, 1.54) is 0 Å². The summed E-state index contributed by atoms with van der Waals surface area (Å²) < 4.78 is 5.57. The summed E-state index contributed by atoms with van der Waals surface area (Å²) in [5.74, 6) is 0.671. The molecule has 0 amide bonds. The molecule has 0 saturated heterocycles. The first-order valence-electron chi connectivity index (χ1n) is 5.44. The van der Waals surface area contributed by atoms with Crippen molar-refractivity contribution in [2.24, 2.45) is 5.73 Å². The van der Waals surface area contributed by atoms with E-state index in [2.05, 4.69) is 11.1 Å². The number of ether oxygens (including phenoxy) is 1. The molecule has 86 valence electrons. The van der Waals surface area contributed by atoms with Gasteiger partial charge in [-0.05, 0) is 32.0 Å². The summed E-state index contributed by atoms with van der Waals surface area (Å²) in [6.45, 7) is 4.36. The predicted molar refractivity (Wildman–Crippen MR) is 62.1 cm³/mol. The lowest BCUT2D eigenvalue weighted by Crippen LogP contribution is -2.15. The molecule has 16 heavy (non-hydrogen) atoms. The van der Waals surface area contributed by atoms with E-state index >= 15 is 0 Å². The van der Waals surface area contributed by atoms with E-state index in [1.54, 1.807) is 0 Å². The van der Waals surface area contributed by atoms with Gasteiger partial charge in [0.2, 0.25) is 0 Å². The summed E-state index contributed by atoms with van der Waals surface area (Å²) in [6, 6.07) is 5.83. The average Bonchev–Trinajstić information content (AvgIpc) is 2.29. The first-order chi connectivity index (χ1) is 7.71. The Labute approximate surface area is 96.1 Å². The molecule has 1 aromatic rings. The third-order valence-corrected chi connectivity index (χ3v) is 2.24. The monoisotopic (exact) mass is 219 g/mol. The number of hydrogen-bond donors (Lipinski definition) is 1. The number of nitriles is 1. The van der Waals surface area contributed by atoms with Gasteiger partial charge in [0.1, 0.15) is 11.8 Å². The molecule has 1 rings (SSSR count). The second-order valence-electron chi connectivity index (χ2n) is 3.58. The molecule has 0 aromatic carbocycles. The normalized spacial score (nSPS) is 11.9. The lowest BCUT2D eigenvalue weighted by Gasteiger charge is -2.13. The Morgan fingerprint density at radius 2 is 2.31 bits per heavy atom. The lowest BCUT2D eigenvalue weighted by molar-refractivity contribution is 0.248. The van der Waals surface area contributed by atoms with Crippen LogP contribution in [0.4, 0.5) is 0 Å². The molecule has 4 nitrogen and oxygen atoms in total. The van der Waals surface area contributed by atoms with Crippen LogP contribution in [0, 0.1) is 18.3 Å². The van der Waals surface area contributed by atoms with Crippen molar-refractivity contribution in [3.8, 4) is 11.8 Å². The molecular weight excluding hydrogens is 202 g/mol. The molecule has 2 N–H and O–H groups in total. The minimum Gasteiger partial charge on any atom is -0.474 e. The molecule has 0 aliphatic rings. The minimum atomic E-state index is -0.416. The predicted octanol–water partition coefficient (Wildman–Crippen LogP) is 1.57. The minimum absolute atomic E-state index is 0.416. The molecule has 0 radical (unpaired) electrons. The highest BCUT2D eigenvalue weighted by Gasteiger charge is 2.10. The highest BCUT2D eigenvalue weighted by molar-refractivity contribution is 5.30. The van der Waals surface area contributed by atoms with E-state index in [1.807, 2.05) is 26.0 Å². The van der Waals surface area contributed by atoms with Crippen LogP contribution in [0.5, 0.6) is 5.75 Å². The van der Waals surface area contributed by atoms with Gasteiger partial charge in [-0.3, -0.25) is 4.98 Å². The van der Waals surface area contributed by atoms with Crippen molar-refractivity contribution >= 4 is 0 Å². The average molecular weight is 219 g/mol.